The van der Waals surface area contributed by atoms with Gasteiger partial charge >= 0.3 is 5.51 Å². The summed E-state index contributed by atoms with van der Waals surface area (Å²) in [7, 11) is -4.42. The normalized spacial score (nSPS) is 14.7. The Morgan fingerprint density at radius 3 is 2.50 bits per heavy atom. The molecule has 1 heterocycles. The van der Waals surface area contributed by atoms with Gasteiger partial charge in [-0.1, -0.05) is 12.1 Å². The third-order valence-electron chi connectivity index (χ3n) is 4.58. The standard InChI is InChI=1S/C20H18F3N3O5S/c1-12-4-3-5-13(10-12)26-18(27)9-7-15(25-26)19(28)24-16-11-14(6-8-17(16)31-2)32(29,30)20(21,22)23/h3-6,8,10-11H,7,9H2,1-2H3,(H,24,28). The molecule has 0 spiro atoms. The van der Waals surface area contributed by atoms with E-state index >= 15 is 0 Å². The predicted octanol–water partition coefficient (Wildman–Crippen LogP) is 3.42. The lowest BCUT2D eigenvalue weighted by molar-refractivity contribution is -0.118. The molecule has 2 amide bonds. The minimum absolute atomic E-state index is 0.00413. The molecular weight excluding hydrogens is 451 g/mol. The van der Waals surface area contributed by atoms with E-state index in [2.05, 4.69) is 10.4 Å². The van der Waals surface area contributed by atoms with Crippen LogP contribution in [0.4, 0.5) is 24.5 Å². The zero-order valence-corrected chi connectivity index (χ0v) is 17.7. The van der Waals surface area contributed by atoms with E-state index in [-0.39, 0.29) is 35.9 Å². The minimum Gasteiger partial charge on any atom is -0.495 e. The number of benzene rings is 2. The summed E-state index contributed by atoms with van der Waals surface area (Å²) in [6, 6.07) is 9.28. The van der Waals surface area contributed by atoms with Crippen LogP contribution in [0.2, 0.25) is 0 Å². The van der Waals surface area contributed by atoms with E-state index in [1.54, 1.807) is 18.2 Å². The molecule has 170 valence electrons. The quantitative estimate of drug-likeness (QED) is 0.723. The molecule has 0 saturated heterocycles. The molecule has 0 saturated carbocycles. The molecule has 0 bridgehead atoms. The van der Waals surface area contributed by atoms with Crippen molar-refractivity contribution < 1.29 is 35.9 Å². The maximum absolute atomic E-state index is 12.9. The number of hydrazone groups is 1. The van der Waals surface area contributed by atoms with Gasteiger partial charge in [-0.05, 0) is 42.8 Å². The average Bonchev–Trinajstić information content (AvgIpc) is 2.73. The number of rotatable bonds is 5. The van der Waals surface area contributed by atoms with Crippen molar-refractivity contribution in [1.29, 1.82) is 0 Å². The van der Waals surface area contributed by atoms with Crippen LogP contribution in [0.25, 0.3) is 0 Å². The monoisotopic (exact) mass is 469 g/mol. The molecule has 32 heavy (non-hydrogen) atoms. The van der Waals surface area contributed by atoms with Gasteiger partial charge in [-0.2, -0.15) is 18.3 Å². The first-order valence-electron chi connectivity index (χ1n) is 9.22. The molecule has 2 aromatic rings. The van der Waals surface area contributed by atoms with Gasteiger partial charge in [0.2, 0.25) is 5.91 Å². The molecule has 12 heteroatoms. The van der Waals surface area contributed by atoms with E-state index in [0.717, 1.165) is 22.7 Å². The SMILES string of the molecule is COc1ccc(S(=O)(=O)C(F)(F)F)cc1NC(=O)C1=NN(c2cccc(C)c2)C(=O)CC1. The Morgan fingerprint density at radius 2 is 1.88 bits per heavy atom. The van der Waals surface area contributed by atoms with Crippen molar-refractivity contribution in [2.45, 2.75) is 30.2 Å². The highest BCUT2D eigenvalue weighted by Gasteiger charge is 2.47. The van der Waals surface area contributed by atoms with E-state index < -0.39 is 26.1 Å². The van der Waals surface area contributed by atoms with Crippen molar-refractivity contribution in [3.63, 3.8) is 0 Å². The van der Waals surface area contributed by atoms with Gasteiger partial charge in [0.05, 0.1) is 23.4 Å². The molecule has 0 radical (unpaired) electrons. The summed E-state index contributed by atoms with van der Waals surface area (Å²) in [6.07, 6.45) is -0.0182. The lowest BCUT2D eigenvalue weighted by Gasteiger charge is -2.23. The number of carbonyl (C=O) groups is 2. The number of hydrogen-bond donors (Lipinski definition) is 1. The summed E-state index contributed by atoms with van der Waals surface area (Å²) in [5.74, 6) is -1.19. The van der Waals surface area contributed by atoms with E-state index in [4.69, 9.17) is 4.74 Å². The summed E-state index contributed by atoms with van der Waals surface area (Å²) in [4.78, 5) is 24.0. The number of ether oxygens (including phenoxy) is 1. The Balaban J connectivity index is 1.93. The largest absolute Gasteiger partial charge is 0.501 e. The van der Waals surface area contributed by atoms with Crippen LogP contribution >= 0.6 is 0 Å². The highest BCUT2D eigenvalue weighted by atomic mass is 32.2. The number of alkyl halides is 3. The van der Waals surface area contributed by atoms with Crippen LogP contribution in [0.3, 0.4) is 0 Å². The Labute approximate surface area is 181 Å². The van der Waals surface area contributed by atoms with Crippen LogP contribution in [0, 0.1) is 6.92 Å². The fraction of sp³-hybridized carbons (Fsp3) is 0.250. The fourth-order valence-corrected chi connectivity index (χ4v) is 3.75. The molecule has 1 aliphatic heterocycles. The van der Waals surface area contributed by atoms with Crippen molar-refractivity contribution in [3.05, 3.63) is 48.0 Å². The van der Waals surface area contributed by atoms with Crippen molar-refractivity contribution in [3.8, 4) is 5.75 Å². The molecule has 0 unspecified atom stereocenters. The molecule has 0 atom stereocenters. The van der Waals surface area contributed by atoms with Gasteiger partial charge < -0.3 is 10.1 Å². The Hall–Kier alpha value is -3.41. The highest BCUT2D eigenvalue weighted by Crippen LogP contribution is 2.34. The van der Waals surface area contributed by atoms with Gasteiger partial charge in [0.15, 0.2) is 0 Å². The summed E-state index contributed by atoms with van der Waals surface area (Å²) < 4.78 is 67.1. The first-order valence-corrected chi connectivity index (χ1v) is 10.7. The van der Waals surface area contributed by atoms with E-state index in [1.807, 2.05) is 13.0 Å². The van der Waals surface area contributed by atoms with Gasteiger partial charge in [-0.25, -0.2) is 13.4 Å². The summed E-state index contributed by atoms with van der Waals surface area (Å²) >= 11 is 0. The third kappa shape index (κ3) is 4.59. The second-order valence-electron chi connectivity index (χ2n) is 6.86. The van der Waals surface area contributed by atoms with E-state index in [1.165, 1.54) is 7.11 Å². The highest BCUT2D eigenvalue weighted by molar-refractivity contribution is 7.92. The fourth-order valence-electron chi connectivity index (χ4n) is 2.96. The van der Waals surface area contributed by atoms with Crippen molar-refractivity contribution in [2.24, 2.45) is 5.10 Å². The molecular formula is C20H18F3N3O5S. The van der Waals surface area contributed by atoms with Crippen LogP contribution in [0.15, 0.2) is 52.5 Å². The maximum Gasteiger partial charge on any atom is 0.501 e. The number of nitrogens with zero attached hydrogens (tertiary/aromatic N) is 2. The van der Waals surface area contributed by atoms with Gasteiger partial charge in [0.25, 0.3) is 15.7 Å². The molecule has 0 fully saturated rings. The smallest absolute Gasteiger partial charge is 0.495 e. The molecule has 2 aromatic carbocycles. The maximum atomic E-state index is 12.9. The van der Waals surface area contributed by atoms with Crippen LogP contribution in [-0.2, 0) is 19.4 Å². The van der Waals surface area contributed by atoms with Gasteiger partial charge in [0.1, 0.15) is 11.5 Å². The predicted molar refractivity (Wildman–Crippen MR) is 110 cm³/mol. The van der Waals surface area contributed by atoms with E-state index in [0.29, 0.717) is 11.8 Å². The Morgan fingerprint density at radius 1 is 1.16 bits per heavy atom. The lowest BCUT2D eigenvalue weighted by Crippen LogP contribution is -2.36. The minimum atomic E-state index is -5.63. The first kappa shape index (κ1) is 23.3. The summed E-state index contributed by atoms with van der Waals surface area (Å²) in [5.41, 5.74) is -4.53. The third-order valence-corrected chi connectivity index (χ3v) is 6.06. The average molecular weight is 469 g/mol. The number of halogens is 3. The molecule has 1 N–H and O–H groups in total. The lowest BCUT2D eigenvalue weighted by atomic mass is 10.1. The number of amides is 2. The second kappa shape index (κ2) is 8.61. The second-order valence-corrected chi connectivity index (χ2v) is 8.80. The number of carbonyl (C=O) groups excluding carboxylic acids is 2. The van der Waals surface area contributed by atoms with Crippen molar-refractivity contribution >= 4 is 38.7 Å². The number of anilines is 2. The first-order chi connectivity index (χ1) is 14.9. The van der Waals surface area contributed by atoms with Gasteiger partial charge in [0, 0.05) is 12.8 Å². The number of sulfone groups is 1. The summed E-state index contributed by atoms with van der Waals surface area (Å²) in [5, 5.41) is 7.49. The zero-order valence-electron chi connectivity index (χ0n) is 16.9. The van der Waals surface area contributed by atoms with Gasteiger partial charge in [-0.3, -0.25) is 9.59 Å². The number of aryl methyl sites for hydroxylation is 1. The number of nitrogens with one attached hydrogen (secondary N) is 1. The topological polar surface area (TPSA) is 105 Å². The van der Waals surface area contributed by atoms with Crippen LogP contribution < -0.4 is 15.1 Å². The van der Waals surface area contributed by atoms with Crippen LogP contribution in [-0.4, -0.2) is 38.6 Å². The van der Waals surface area contributed by atoms with Crippen LogP contribution in [0.5, 0.6) is 5.75 Å². The van der Waals surface area contributed by atoms with Crippen molar-refractivity contribution in [2.75, 3.05) is 17.4 Å². The molecule has 0 aromatic heterocycles. The van der Waals surface area contributed by atoms with E-state index in [9.17, 15) is 31.2 Å². The van der Waals surface area contributed by atoms with Gasteiger partial charge in [-0.15, -0.1) is 0 Å². The molecule has 0 aliphatic carbocycles. The molecule has 8 nitrogen and oxygen atoms in total. The molecule has 3 rings (SSSR count). The van der Waals surface area contributed by atoms with Crippen LogP contribution in [0.1, 0.15) is 18.4 Å². The Kier molecular flexibility index (Phi) is 6.26. The Bertz CT molecular complexity index is 1210. The number of methoxy groups -OCH3 is 1. The summed E-state index contributed by atoms with van der Waals surface area (Å²) in [6.45, 7) is 1.82. The zero-order chi connectivity index (χ0) is 23.7. The number of hydrogen-bond acceptors (Lipinski definition) is 6. The molecule has 1 aliphatic rings. The van der Waals surface area contributed by atoms with Crippen molar-refractivity contribution in [1.82, 2.24) is 0 Å².